The molecular formula is C18H16N4O5S. The van der Waals surface area contributed by atoms with Crippen molar-refractivity contribution in [2.24, 2.45) is 0 Å². The molecule has 0 saturated heterocycles. The summed E-state index contributed by atoms with van der Waals surface area (Å²) in [5.74, 6) is -0.550. The van der Waals surface area contributed by atoms with Crippen LogP contribution in [0.25, 0.3) is 0 Å². The van der Waals surface area contributed by atoms with E-state index in [0.29, 0.717) is 17.9 Å². The predicted octanol–water partition coefficient (Wildman–Crippen LogP) is 2.11. The molecule has 0 bridgehead atoms. The molecule has 2 rings (SSSR count). The Labute approximate surface area is 165 Å². The van der Waals surface area contributed by atoms with E-state index in [4.69, 9.17) is 17.0 Å². The number of amides is 2. The number of nitro benzene ring substituents is 1. The molecule has 0 radical (unpaired) electrons. The number of benzene rings is 2. The number of ether oxygens (including phenoxy) is 1. The van der Waals surface area contributed by atoms with Crippen LogP contribution in [0.2, 0.25) is 0 Å². The molecule has 0 spiro atoms. The van der Waals surface area contributed by atoms with Gasteiger partial charge in [-0.2, -0.15) is 0 Å². The Hall–Kier alpha value is -3.79. The van der Waals surface area contributed by atoms with Crippen LogP contribution in [-0.2, 0) is 0 Å². The molecule has 0 aliphatic carbocycles. The number of hydrazine groups is 1. The molecule has 2 aromatic carbocycles. The van der Waals surface area contributed by atoms with E-state index in [9.17, 15) is 19.7 Å². The van der Waals surface area contributed by atoms with Gasteiger partial charge in [-0.05, 0) is 42.5 Å². The fourth-order valence-corrected chi connectivity index (χ4v) is 2.15. The van der Waals surface area contributed by atoms with Gasteiger partial charge in [-0.25, -0.2) is 0 Å². The third-order valence-electron chi connectivity index (χ3n) is 3.32. The van der Waals surface area contributed by atoms with Crippen molar-refractivity contribution >= 4 is 34.8 Å². The molecule has 0 atom stereocenters. The van der Waals surface area contributed by atoms with Crippen LogP contribution in [0, 0.1) is 10.1 Å². The summed E-state index contributed by atoms with van der Waals surface area (Å²) >= 11 is 4.93. The van der Waals surface area contributed by atoms with Gasteiger partial charge in [0, 0.05) is 23.3 Å². The first kappa shape index (κ1) is 20.5. The Bertz CT molecular complexity index is 914. The average Bonchev–Trinajstić information content (AvgIpc) is 2.70. The highest BCUT2D eigenvalue weighted by atomic mass is 32.1. The monoisotopic (exact) mass is 400 g/mol. The van der Waals surface area contributed by atoms with E-state index in [1.54, 1.807) is 30.3 Å². The first-order valence-electron chi connectivity index (χ1n) is 7.90. The predicted molar refractivity (Wildman–Crippen MR) is 106 cm³/mol. The van der Waals surface area contributed by atoms with Gasteiger partial charge in [0.05, 0.1) is 4.92 Å². The second kappa shape index (κ2) is 9.78. The molecule has 144 valence electrons. The molecule has 2 amide bonds. The Morgan fingerprint density at radius 2 is 1.82 bits per heavy atom. The zero-order valence-electron chi connectivity index (χ0n) is 14.5. The minimum absolute atomic E-state index is 0.0554. The van der Waals surface area contributed by atoms with Crippen molar-refractivity contribution in [3.63, 3.8) is 0 Å². The molecule has 0 heterocycles. The number of carbonyl (C=O) groups excluding carboxylic acids is 2. The largest absolute Gasteiger partial charge is 0.490 e. The topological polar surface area (TPSA) is 123 Å². The van der Waals surface area contributed by atoms with Crippen LogP contribution < -0.4 is 20.9 Å². The van der Waals surface area contributed by atoms with E-state index >= 15 is 0 Å². The van der Waals surface area contributed by atoms with E-state index in [-0.39, 0.29) is 16.4 Å². The number of thiocarbonyl (C=S) groups is 1. The molecule has 2 aromatic rings. The molecule has 10 heteroatoms. The lowest BCUT2D eigenvalue weighted by Crippen LogP contribution is -2.48. The summed E-state index contributed by atoms with van der Waals surface area (Å²) in [5, 5.41) is 12.9. The molecule has 28 heavy (non-hydrogen) atoms. The highest BCUT2D eigenvalue weighted by molar-refractivity contribution is 7.80. The fourth-order valence-electron chi connectivity index (χ4n) is 2.01. The summed E-state index contributed by atoms with van der Waals surface area (Å²) in [6, 6.07) is 11.5. The molecule has 9 nitrogen and oxygen atoms in total. The van der Waals surface area contributed by atoms with Crippen LogP contribution in [0.1, 0.15) is 20.7 Å². The van der Waals surface area contributed by atoms with E-state index in [1.165, 1.54) is 18.2 Å². The van der Waals surface area contributed by atoms with Crippen LogP contribution in [0.3, 0.4) is 0 Å². The molecule has 0 saturated carbocycles. The van der Waals surface area contributed by atoms with Crippen molar-refractivity contribution in [2.75, 3.05) is 6.61 Å². The van der Waals surface area contributed by atoms with Crippen molar-refractivity contribution in [3.8, 4) is 5.75 Å². The van der Waals surface area contributed by atoms with E-state index < -0.39 is 16.7 Å². The maximum Gasteiger partial charge on any atom is 0.270 e. The van der Waals surface area contributed by atoms with Gasteiger partial charge < -0.3 is 4.74 Å². The van der Waals surface area contributed by atoms with Crippen LogP contribution >= 0.6 is 12.2 Å². The molecule has 0 aliphatic rings. The van der Waals surface area contributed by atoms with E-state index in [0.717, 1.165) is 6.07 Å². The van der Waals surface area contributed by atoms with Crippen LogP contribution in [0.5, 0.6) is 5.75 Å². The number of hydrogen-bond donors (Lipinski definition) is 3. The van der Waals surface area contributed by atoms with E-state index in [1.807, 2.05) is 0 Å². The SMILES string of the molecule is C=CCOc1ccc(C(=O)NNC(=S)NC(=O)c2cccc([N+](=O)[O-])c2)cc1. The Balaban J connectivity index is 1.86. The molecule has 0 unspecified atom stereocenters. The minimum Gasteiger partial charge on any atom is -0.490 e. The van der Waals surface area contributed by atoms with Crippen LogP contribution in [0.15, 0.2) is 61.2 Å². The summed E-state index contributed by atoms with van der Waals surface area (Å²) in [7, 11) is 0. The van der Waals surface area contributed by atoms with Crippen LogP contribution in [-0.4, -0.2) is 28.5 Å². The standard InChI is InChI=1S/C18H16N4O5S/c1-2-10-27-15-8-6-12(7-9-15)17(24)20-21-18(28)19-16(23)13-4-3-5-14(11-13)22(25)26/h2-9,11H,1,10H2,(H,20,24)(H2,19,21,23,28). The lowest BCUT2D eigenvalue weighted by molar-refractivity contribution is -0.384. The highest BCUT2D eigenvalue weighted by Crippen LogP contribution is 2.13. The number of nitro groups is 1. The van der Waals surface area contributed by atoms with Gasteiger partial charge in [-0.15, -0.1) is 0 Å². The van der Waals surface area contributed by atoms with Gasteiger partial charge in [0.2, 0.25) is 0 Å². The number of carbonyl (C=O) groups is 2. The van der Waals surface area contributed by atoms with Crippen molar-refractivity contribution < 1.29 is 19.2 Å². The van der Waals surface area contributed by atoms with Gasteiger partial charge in [-0.3, -0.25) is 35.9 Å². The van der Waals surface area contributed by atoms with Crippen molar-refractivity contribution in [1.29, 1.82) is 0 Å². The third kappa shape index (κ3) is 5.88. The second-order valence-corrected chi connectivity index (χ2v) is 5.70. The lowest BCUT2D eigenvalue weighted by atomic mass is 10.2. The summed E-state index contributed by atoms with van der Waals surface area (Å²) in [5.41, 5.74) is 4.90. The van der Waals surface area contributed by atoms with Gasteiger partial charge in [0.25, 0.3) is 17.5 Å². The van der Waals surface area contributed by atoms with Gasteiger partial charge in [0.15, 0.2) is 5.11 Å². The van der Waals surface area contributed by atoms with Crippen molar-refractivity contribution in [1.82, 2.24) is 16.2 Å². The number of nitrogens with zero attached hydrogens (tertiary/aromatic N) is 1. The highest BCUT2D eigenvalue weighted by Gasteiger charge is 2.13. The number of rotatable bonds is 6. The molecule has 3 N–H and O–H groups in total. The Kier molecular flexibility index (Phi) is 7.17. The van der Waals surface area contributed by atoms with Crippen LogP contribution in [0.4, 0.5) is 5.69 Å². The maximum absolute atomic E-state index is 12.1. The summed E-state index contributed by atoms with van der Waals surface area (Å²) in [6.45, 7) is 3.90. The van der Waals surface area contributed by atoms with Gasteiger partial charge in [-0.1, -0.05) is 18.7 Å². The quantitative estimate of drug-likeness (QED) is 0.294. The summed E-state index contributed by atoms with van der Waals surface area (Å²) < 4.78 is 5.32. The zero-order chi connectivity index (χ0) is 20.5. The third-order valence-corrected chi connectivity index (χ3v) is 3.52. The van der Waals surface area contributed by atoms with Gasteiger partial charge >= 0.3 is 0 Å². The molecule has 0 aromatic heterocycles. The number of hydrogen-bond acceptors (Lipinski definition) is 6. The maximum atomic E-state index is 12.1. The molecule has 0 aliphatic heterocycles. The van der Waals surface area contributed by atoms with Crippen molar-refractivity contribution in [3.05, 3.63) is 82.4 Å². The first-order valence-corrected chi connectivity index (χ1v) is 8.31. The lowest BCUT2D eigenvalue weighted by Gasteiger charge is -2.11. The first-order chi connectivity index (χ1) is 13.4. The zero-order valence-corrected chi connectivity index (χ0v) is 15.3. The van der Waals surface area contributed by atoms with E-state index in [2.05, 4.69) is 22.7 Å². The number of non-ortho nitro benzene ring substituents is 1. The minimum atomic E-state index is -0.654. The van der Waals surface area contributed by atoms with Gasteiger partial charge in [0.1, 0.15) is 12.4 Å². The smallest absolute Gasteiger partial charge is 0.270 e. The normalized spacial score (nSPS) is 9.71. The average molecular weight is 400 g/mol. The Morgan fingerprint density at radius 1 is 1.11 bits per heavy atom. The second-order valence-electron chi connectivity index (χ2n) is 5.29. The number of nitrogens with one attached hydrogen (secondary N) is 3. The molecular weight excluding hydrogens is 384 g/mol. The summed E-state index contributed by atoms with van der Waals surface area (Å²) in [6.07, 6.45) is 1.60. The van der Waals surface area contributed by atoms with Crippen molar-refractivity contribution in [2.45, 2.75) is 0 Å². The molecule has 0 fully saturated rings. The Morgan fingerprint density at radius 3 is 2.46 bits per heavy atom. The fraction of sp³-hybridized carbons (Fsp3) is 0.0556. The summed E-state index contributed by atoms with van der Waals surface area (Å²) in [4.78, 5) is 34.3.